The Hall–Kier alpha value is -0.450. The number of halogens is 2. The zero-order valence-electron chi connectivity index (χ0n) is 9.76. The molecule has 1 aromatic carbocycles. The molecule has 1 aromatic rings. The second-order valence-electron chi connectivity index (χ2n) is 3.59. The van der Waals surface area contributed by atoms with E-state index >= 15 is 0 Å². The summed E-state index contributed by atoms with van der Waals surface area (Å²) in [6.07, 6.45) is 0.794. The van der Waals surface area contributed by atoms with Gasteiger partial charge in [-0.15, -0.1) is 0 Å². The largest absolute Gasteiger partial charge is 0.379 e. The van der Waals surface area contributed by atoms with Crippen molar-refractivity contribution in [1.29, 1.82) is 0 Å². The molecule has 0 aliphatic rings. The van der Waals surface area contributed by atoms with Crippen LogP contribution in [0.4, 0.5) is 4.39 Å². The Balaban J connectivity index is 3.07. The minimum absolute atomic E-state index is 0.0335. The normalized spacial score (nSPS) is 14.8. The lowest BCUT2D eigenvalue weighted by molar-refractivity contribution is 0.0664. The summed E-state index contributed by atoms with van der Waals surface area (Å²) in [4.78, 5) is 0. The molecule has 4 heteroatoms. The average molecular weight is 290 g/mol. The van der Waals surface area contributed by atoms with Crippen molar-refractivity contribution in [3.63, 3.8) is 0 Å². The Labute approximate surface area is 104 Å². The number of nitrogens with one attached hydrogen (secondary N) is 1. The molecule has 16 heavy (non-hydrogen) atoms. The molecule has 0 amide bonds. The number of hydrogen-bond donors (Lipinski definition) is 1. The topological polar surface area (TPSA) is 21.3 Å². The van der Waals surface area contributed by atoms with Crippen molar-refractivity contribution in [3.05, 3.63) is 34.1 Å². The third kappa shape index (κ3) is 2.81. The van der Waals surface area contributed by atoms with Crippen LogP contribution in [0.2, 0.25) is 0 Å². The number of methoxy groups -OCH3 is 1. The first kappa shape index (κ1) is 13.6. The second kappa shape index (κ2) is 6.33. The van der Waals surface area contributed by atoms with Crippen molar-refractivity contribution in [2.75, 3.05) is 14.2 Å². The molecular formula is C12H17BrFNO. The summed E-state index contributed by atoms with van der Waals surface area (Å²) in [5.74, 6) is -0.225. The molecule has 2 atom stereocenters. The summed E-state index contributed by atoms with van der Waals surface area (Å²) in [6, 6.07) is 5.17. The van der Waals surface area contributed by atoms with Crippen LogP contribution in [0.1, 0.15) is 24.9 Å². The Morgan fingerprint density at radius 3 is 2.69 bits per heavy atom. The van der Waals surface area contributed by atoms with Gasteiger partial charge >= 0.3 is 0 Å². The van der Waals surface area contributed by atoms with E-state index in [9.17, 15) is 4.39 Å². The van der Waals surface area contributed by atoms with E-state index < -0.39 is 0 Å². The highest BCUT2D eigenvalue weighted by molar-refractivity contribution is 9.10. The summed E-state index contributed by atoms with van der Waals surface area (Å²) >= 11 is 3.19. The molecule has 0 aliphatic heterocycles. The average Bonchev–Trinajstić information content (AvgIpc) is 2.30. The molecule has 0 saturated carbocycles. The molecule has 0 aliphatic carbocycles. The minimum atomic E-state index is -0.225. The quantitative estimate of drug-likeness (QED) is 0.898. The fourth-order valence-corrected chi connectivity index (χ4v) is 2.22. The molecule has 2 nitrogen and oxygen atoms in total. The van der Waals surface area contributed by atoms with Crippen LogP contribution in [-0.2, 0) is 4.74 Å². The minimum Gasteiger partial charge on any atom is -0.379 e. The van der Waals surface area contributed by atoms with Gasteiger partial charge in [-0.25, -0.2) is 4.39 Å². The van der Waals surface area contributed by atoms with Crippen LogP contribution < -0.4 is 5.32 Å². The van der Waals surface area contributed by atoms with Crippen LogP contribution in [0.25, 0.3) is 0 Å². The zero-order valence-corrected chi connectivity index (χ0v) is 11.3. The van der Waals surface area contributed by atoms with Crippen molar-refractivity contribution in [1.82, 2.24) is 5.32 Å². The fraction of sp³-hybridized carbons (Fsp3) is 0.500. The predicted molar refractivity (Wildman–Crippen MR) is 67.0 cm³/mol. The Morgan fingerprint density at radius 2 is 2.19 bits per heavy atom. The zero-order chi connectivity index (χ0) is 12.1. The van der Waals surface area contributed by atoms with Crippen LogP contribution in [0, 0.1) is 5.82 Å². The van der Waals surface area contributed by atoms with Crippen LogP contribution in [0.5, 0.6) is 0 Å². The van der Waals surface area contributed by atoms with Gasteiger partial charge in [0.2, 0.25) is 0 Å². The Morgan fingerprint density at radius 1 is 1.50 bits per heavy atom. The number of likely N-dealkylation sites (N-methyl/N-ethyl adjacent to an activating group) is 1. The van der Waals surface area contributed by atoms with Gasteiger partial charge in [0.05, 0.1) is 16.6 Å². The van der Waals surface area contributed by atoms with Gasteiger partial charge in [0.1, 0.15) is 5.82 Å². The van der Waals surface area contributed by atoms with E-state index in [0.29, 0.717) is 10.0 Å². The Kier molecular flexibility index (Phi) is 5.38. The standard InChI is InChI=1S/C12H17BrFNO/c1-4-10(16-3)12(15-2)8-6-5-7-9(13)11(8)14/h5-7,10,12,15H,4H2,1-3H3. The fourth-order valence-electron chi connectivity index (χ4n) is 1.84. The van der Waals surface area contributed by atoms with Gasteiger partial charge in [-0.05, 0) is 35.5 Å². The number of hydrogen-bond acceptors (Lipinski definition) is 2. The first-order chi connectivity index (χ1) is 7.65. The van der Waals surface area contributed by atoms with Crippen molar-refractivity contribution >= 4 is 15.9 Å². The molecule has 0 aromatic heterocycles. The third-order valence-corrected chi connectivity index (χ3v) is 3.32. The van der Waals surface area contributed by atoms with Crippen LogP contribution in [0.15, 0.2) is 22.7 Å². The van der Waals surface area contributed by atoms with E-state index in [1.54, 1.807) is 19.2 Å². The second-order valence-corrected chi connectivity index (χ2v) is 4.45. The summed E-state index contributed by atoms with van der Waals surface area (Å²) < 4.78 is 19.8. The van der Waals surface area contributed by atoms with Crippen LogP contribution >= 0.6 is 15.9 Å². The third-order valence-electron chi connectivity index (χ3n) is 2.70. The Bertz CT molecular complexity index is 342. The van der Waals surface area contributed by atoms with Gasteiger partial charge in [0, 0.05) is 12.7 Å². The SMILES string of the molecule is CCC(OC)C(NC)c1cccc(Br)c1F. The molecular weight excluding hydrogens is 273 g/mol. The van der Waals surface area contributed by atoms with E-state index in [0.717, 1.165) is 6.42 Å². The van der Waals surface area contributed by atoms with Crippen LogP contribution in [0.3, 0.4) is 0 Å². The van der Waals surface area contributed by atoms with Crippen molar-refractivity contribution in [2.24, 2.45) is 0 Å². The van der Waals surface area contributed by atoms with Gasteiger partial charge in [0.25, 0.3) is 0 Å². The molecule has 0 radical (unpaired) electrons. The first-order valence-corrected chi connectivity index (χ1v) is 6.08. The van der Waals surface area contributed by atoms with E-state index in [4.69, 9.17) is 4.74 Å². The highest BCUT2D eigenvalue weighted by Crippen LogP contribution is 2.27. The number of benzene rings is 1. The summed E-state index contributed by atoms with van der Waals surface area (Å²) in [5, 5.41) is 3.10. The summed E-state index contributed by atoms with van der Waals surface area (Å²) in [5.41, 5.74) is 0.630. The van der Waals surface area contributed by atoms with E-state index in [1.165, 1.54) is 0 Å². The monoisotopic (exact) mass is 289 g/mol. The lowest BCUT2D eigenvalue weighted by Gasteiger charge is -2.25. The molecule has 1 rings (SSSR count). The molecule has 0 heterocycles. The first-order valence-electron chi connectivity index (χ1n) is 5.29. The van der Waals surface area contributed by atoms with Gasteiger partial charge < -0.3 is 10.1 Å². The van der Waals surface area contributed by atoms with Crippen molar-refractivity contribution in [3.8, 4) is 0 Å². The van der Waals surface area contributed by atoms with Gasteiger partial charge in [-0.1, -0.05) is 19.1 Å². The van der Waals surface area contributed by atoms with Crippen molar-refractivity contribution in [2.45, 2.75) is 25.5 Å². The van der Waals surface area contributed by atoms with Crippen LogP contribution in [-0.4, -0.2) is 20.3 Å². The summed E-state index contributed by atoms with van der Waals surface area (Å²) in [6.45, 7) is 2.02. The lowest BCUT2D eigenvalue weighted by atomic mass is 9.99. The molecule has 0 fully saturated rings. The van der Waals surface area contributed by atoms with Gasteiger partial charge in [-0.3, -0.25) is 0 Å². The van der Waals surface area contributed by atoms with Gasteiger partial charge in [0.15, 0.2) is 0 Å². The smallest absolute Gasteiger partial charge is 0.142 e. The molecule has 0 bridgehead atoms. The highest BCUT2D eigenvalue weighted by atomic mass is 79.9. The molecule has 2 unspecified atom stereocenters. The number of rotatable bonds is 5. The maximum Gasteiger partial charge on any atom is 0.142 e. The highest BCUT2D eigenvalue weighted by Gasteiger charge is 2.23. The maximum atomic E-state index is 13.9. The molecule has 1 N–H and O–H groups in total. The summed E-state index contributed by atoms with van der Waals surface area (Å²) in [7, 11) is 3.46. The number of ether oxygens (including phenoxy) is 1. The maximum absolute atomic E-state index is 13.9. The van der Waals surface area contributed by atoms with E-state index in [-0.39, 0.29) is 18.0 Å². The van der Waals surface area contributed by atoms with E-state index in [2.05, 4.69) is 21.2 Å². The lowest BCUT2D eigenvalue weighted by Crippen LogP contribution is -2.31. The van der Waals surface area contributed by atoms with Gasteiger partial charge in [-0.2, -0.15) is 0 Å². The molecule has 0 saturated heterocycles. The molecule has 90 valence electrons. The molecule has 0 spiro atoms. The van der Waals surface area contributed by atoms with E-state index in [1.807, 2.05) is 20.0 Å². The van der Waals surface area contributed by atoms with Crippen molar-refractivity contribution < 1.29 is 9.13 Å². The predicted octanol–water partition coefficient (Wildman–Crippen LogP) is 3.27.